The molecule has 0 aliphatic carbocycles. The van der Waals surface area contributed by atoms with Gasteiger partial charge in [-0.3, -0.25) is 0 Å². The zero-order chi connectivity index (χ0) is 14.1. The first-order valence-corrected chi connectivity index (χ1v) is 7.91. The highest BCUT2D eigenvalue weighted by atomic mass is 32.2. The van der Waals surface area contributed by atoms with E-state index in [1.807, 2.05) is 17.8 Å². The first-order chi connectivity index (χ1) is 9.21. The molecule has 0 aliphatic heterocycles. The third-order valence-electron chi connectivity index (χ3n) is 2.90. The van der Waals surface area contributed by atoms with E-state index in [0.717, 1.165) is 30.3 Å². The van der Waals surface area contributed by atoms with Gasteiger partial charge in [0.05, 0.1) is 7.11 Å². The highest BCUT2D eigenvalue weighted by Gasteiger charge is 2.06. The van der Waals surface area contributed by atoms with Crippen LogP contribution in [0.4, 0.5) is 0 Å². The summed E-state index contributed by atoms with van der Waals surface area (Å²) in [7, 11) is 1.71. The maximum Gasteiger partial charge on any atom is 0.122 e. The van der Waals surface area contributed by atoms with E-state index in [1.165, 1.54) is 11.1 Å². The number of thioether (sulfide) groups is 1. The van der Waals surface area contributed by atoms with Crippen molar-refractivity contribution >= 4 is 11.8 Å². The molecule has 0 aliphatic rings. The molecule has 2 N–H and O–H groups in total. The first kappa shape index (κ1) is 16.3. The predicted octanol–water partition coefficient (Wildman–Crippen LogP) is 2.67. The van der Waals surface area contributed by atoms with E-state index < -0.39 is 0 Å². The molecule has 0 spiro atoms. The lowest BCUT2D eigenvalue weighted by molar-refractivity contribution is 0.250. The molecule has 0 fully saturated rings. The summed E-state index contributed by atoms with van der Waals surface area (Å²) in [6, 6.07) is 6.35. The van der Waals surface area contributed by atoms with E-state index >= 15 is 0 Å². The third-order valence-corrected chi connectivity index (χ3v) is 4.22. The summed E-state index contributed by atoms with van der Waals surface area (Å²) in [6.45, 7) is 6.29. The zero-order valence-corrected chi connectivity index (χ0v) is 12.9. The molecule has 4 heteroatoms. The predicted molar refractivity (Wildman–Crippen MR) is 82.8 cm³/mol. The van der Waals surface area contributed by atoms with E-state index in [1.54, 1.807) is 7.11 Å². The Hall–Kier alpha value is -0.710. The summed E-state index contributed by atoms with van der Waals surface area (Å²) in [6.07, 6.45) is 0. The summed E-state index contributed by atoms with van der Waals surface area (Å²) in [5.41, 5.74) is 2.52. The minimum absolute atomic E-state index is 0.255. The van der Waals surface area contributed by atoms with Crippen LogP contribution in [0.2, 0.25) is 0 Å². The second kappa shape index (κ2) is 9.23. The molecule has 0 heterocycles. The van der Waals surface area contributed by atoms with E-state index in [-0.39, 0.29) is 6.61 Å². The largest absolute Gasteiger partial charge is 0.496 e. The Morgan fingerprint density at radius 1 is 1.42 bits per heavy atom. The number of hydrogen-bond acceptors (Lipinski definition) is 4. The van der Waals surface area contributed by atoms with Crippen molar-refractivity contribution in [3.63, 3.8) is 0 Å². The van der Waals surface area contributed by atoms with Crippen molar-refractivity contribution in [3.8, 4) is 5.75 Å². The van der Waals surface area contributed by atoms with Crippen LogP contribution in [-0.4, -0.2) is 31.1 Å². The summed E-state index contributed by atoms with van der Waals surface area (Å²) >= 11 is 1.84. The standard InChI is InChI=1S/C15H25NO2S/c1-4-16-8-13-5-6-15(18-3)14(7-13)11-19-10-12(2)9-17/h5-7,12,16-17H,4,8-11H2,1-3H3. The number of rotatable bonds is 9. The van der Waals surface area contributed by atoms with Crippen LogP contribution in [-0.2, 0) is 12.3 Å². The molecule has 1 atom stereocenters. The average Bonchev–Trinajstić information content (AvgIpc) is 2.45. The van der Waals surface area contributed by atoms with Crippen LogP contribution in [0.5, 0.6) is 5.75 Å². The minimum atomic E-state index is 0.255. The molecule has 1 unspecified atom stereocenters. The van der Waals surface area contributed by atoms with Gasteiger partial charge in [0.15, 0.2) is 0 Å². The number of methoxy groups -OCH3 is 1. The van der Waals surface area contributed by atoms with Gasteiger partial charge in [0.2, 0.25) is 0 Å². The molecule has 0 radical (unpaired) electrons. The molecule has 0 saturated heterocycles. The molecule has 0 bridgehead atoms. The van der Waals surface area contributed by atoms with Gasteiger partial charge in [-0.25, -0.2) is 0 Å². The summed E-state index contributed by atoms with van der Waals surface area (Å²) < 4.78 is 5.41. The first-order valence-electron chi connectivity index (χ1n) is 6.76. The molecule has 0 saturated carbocycles. The Kier molecular flexibility index (Phi) is 7.94. The maximum absolute atomic E-state index is 9.03. The van der Waals surface area contributed by atoms with Crippen molar-refractivity contribution in [2.24, 2.45) is 5.92 Å². The van der Waals surface area contributed by atoms with Crippen LogP contribution in [0.1, 0.15) is 25.0 Å². The van der Waals surface area contributed by atoms with Crippen molar-refractivity contribution in [2.75, 3.05) is 26.0 Å². The van der Waals surface area contributed by atoms with Gasteiger partial charge >= 0.3 is 0 Å². The van der Waals surface area contributed by atoms with E-state index in [4.69, 9.17) is 9.84 Å². The highest BCUT2D eigenvalue weighted by Crippen LogP contribution is 2.25. The van der Waals surface area contributed by atoms with Gasteiger partial charge < -0.3 is 15.2 Å². The normalized spacial score (nSPS) is 12.4. The van der Waals surface area contributed by atoms with Crippen molar-refractivity contribution in [2.45, 2.75) is 26.1 Å². The number of aliphatic hydroxyl groups is 1. The molecule has 1 aromatic carbocycles. The average molecular weight is 283 g/mol. The quantitative estimate of drug-likeness (QED) is 0.731. The molecular formula is C15H25NO2S. The van der Waals surface area contributed by atoms with Crippen LogP contribution >= 0.6 is 11.8 Å². The molecule has 0 amide bonds. The van der Waals surface area contributed by atoms with Crippen molar-refractivity contribution in [1.29, 1.82) is 0 Å². The molecule has 3 nitrogen and oxygen atoms in total. The van der Waals surface area contributed by atoms with E-state index in [0.29, 0.717) is 5.92 Å². The van der Waals surface area contributed by atoms with Gasteiger partial charge in [-0.05, 0) is 35.9 Å². The third kappa shape index (κ3) is 5.85. The molecule has 108 valence electrons. The Morgan fingerprint density at radius 3 is 2.84 bits per heavy atom. The van der Waals surface area contributed by atoms with Crippen LogP contribution in [0.3, 0.4) is 0 Å². The minimum Gasteiger partial charge on any atom is -0.496 e. The van der Waals surface area contributed by atoms with Crippen molar-refractivity contribution < 1.29 is 9.84 Å². The van der Waals surface area contributed by atoms with Gasteiger partial charge in [-0.2, -0.15) is 11.8 Å². The van der Waals surface area contributed by atoms with Crippen LogP contribution in [0, 0.1) is 5.92 Å². The van der Waals surface area contributed by atoms with Gasteiger partial charge in [-0.1, -0.05) is 19.9 Å². The van der Waals surface area contributed by atoms with Gasteiger partial charge in [0.25, 0.3) is 0 Å². The molecule has 19 heavy (non-hydrogen) atoms. The molecular weight excluding hydrogens is 258 g/mol. The summed E-state index contributed by atoms with van der Waals surface area (Å²) in [5.74, 6) is 3.19. The van der Waals surface area contributed by atoms with Crippen LogP contribution < -0.4 is 10.1 Å². The number of hydrogen-bond donors (Lipinski definition) is 2. The van der Waals surface area contributed by atoms with E-state index in [9.17, 15) is 0 Å². The lowest BCUT2D eigenvalue weighted by Gasteiger charge is -2.12. The Morgan fingerprint density at radius 2 is 2.21 bits per heavy atom. The molecule has 0 aromatic heterocycles. The second-order valence-corrected chi connectivity index (χ2v) is 5.76. The molecule has 1 aromatic rings. The van der Waals surface area contributed by atoms with Crippen LogP contribution in [0.15, 0.2) is 18.2 Å². The van der Waals surface area contributed by atoms with Gasteiger partial charge in [0, 0.05) is 24.5 Å². The number of nitrogens with one attached hydrogen (secondary N) is 1. The lowest BCUT2D eigenvalue weighted by atomic mass is 10.1. The Balaban J connectivity index is 2.61. The highest BCUT2D eigenvalue weighted by molar-refractivity contribution is 7.98. The Labute approximate surface area is 120 Å². The fraction of sp³-hybridized carbons (Fsp3) is 0.600. The van der Waals surface area contributed by atoms with E-state index in [2.05, 4.69) is 31.3 Å². The SMILES string of the molecule is CCNCc1ccc(OC)c(CSCC(C)CO)c1. The second-order valence-electron chi connectivity index (χ2n) is 4.73. The molecule has 1 rings (SSSR count). The topological polar surface area (TPSA) is 41.5 Å². The maximum atomic E-state index is 9.03. The van der Waals surface area contributed by atoms with Crippen molar-refractivity contribution in [1.82, 2.24) is 5.32 Å². The number of aliphatic hydroxyl groups excluding tert-OH is 1. The lowest BCUT2D eigenvalue weighted by Crippen LogP contribution is -2.12. The van der Waals surface area contributed by atoms with Gasteiger partial charge in [0.1, 0.15) is 5.75 Å². The van der Waals surface area contributed by atoms with Gasteiger partial charge in [-0.15, -0.1) is 0 Å². The Bertz CT molecular complexity index is 371. The smallest absolute Gasteiger partial charge is 0.122 e. The fourth-order valence-electron chi connectivity index (χ4n) is 1.75. The fourth-order valence-corrected chi connectivity index (χ4v) is 2.82. The van der Waals surface area contributed by atoms with Crippen LogP contribution in [0.25, 0.3) is 0 Å². The number of ether oxygens (including phenoxy) is 1. The van der Waals surface area contributed by atoms with Crippen molar-refractivity contribution in [3.05, 3.63) is 29.3 Å². The zero-order valence-electron chi connectivity index (χ0n) is 12.1. The summed E-state index contributed by atoms with van der Waals surface area (Å²) in [4.78, 5) is 0. The number of benzene rings is 1. The summed E-state index contributed by atoms with van der Waals surface area (Å²) in [5, 5.41) is 12.4. The monoisotopic (exact) mass is 283 g/mol.